The molecule has 0 aliphatic carbocycles. The van der Waals surface area contributed by atoms with E-state index in [-0.39, 0.29) is 6.04 Å². The van der Waals surface area contributed by atoms with Crippen LogP contribution < -0.4 is 5.73 Å². The van der Waals surface area contributed by atoms with E-state index in [1.165, 1.54) is 6.26 Å². The average molecular weight is 310 g/mol. The molecule has 0 heterocycles. The Morgan fingerprint density at radius 1 is 1.15 bits per heavy atom. The Labute approximate surface area is 124 Å². The molecule has 0 aliphatic heterocycles. The first kappa shape index (κ1) is 15.0. The summed E-state index contributed by atoms with van der Waals surface area (Å²) in [4.78, 5) is 0.302. The Morgan fingerprint density at radius 2 is 1.80 bits per heavy atom. The fourth-order valence-electron chi connectivity index (χ4n) is 2.00. The zero-order valence-corrected chi connectivity index (χ0v) is 12.7. The monoisotopic (exact) mass is 309 g/mol. The van der Waals surface area contributed by atoms with Gasteiger partial charge in [-0.25, -0.2) is 8.42 Å². The molecule has 0 radical (unpaired) electrons. The van der Waals surface area contributed by atoms with E-state index in [1.807, 2.05) is 24.3 Å². The van der Waals surface area contributed by atoms with Gasteiger partial charge in [0, 0.05) is 17.3 Å². The molecular weight excluding hydrogens is 294 g/mol. The third-order valence-corrected chi connectivity index (χ3v) is 4.44. The van der Waals surface area contributed by atoms with E-state index >= 15 is 0 Å². The van der Waals surface area contributed by atoms with Crippen LogP contribution in [0.2, 0.25) is 5.02 Å². The average Bonchev–Trinajstić information content (AvgIpc) is 2.38. The maximum atomic E-state index is 11.4. The van der Waals surface area contributed by atoms with Gasteiger partial charge in [0.15, 0.2) is 9.84 Å². The molecule has 0 amide bonds. The Balaban J connectivity index is 2.15. The van der Waals surface area contributed by atoms with E-state index in [0.29, 0.717) is 16.3 Å². The molecule has 1 unspecified atom stereocenters. The van der Waals surface area contributed by atoms with Crippen molar-refractivity contribution in [3.05, 3.63) is 64.7 Å². The minimum Gasteiger partial charge on any atom is -0.324 e. The SMILES string of the molecule is CS(=O)(=O)c1ccc(C(N)Cc2cccc(Cl)c2)cc1. The van der Waals surface area contributed by atoms with Gasteiger partial charge in [-0.1, -0.05) is 35.9 Å². The molecule has 0 aromatic heterocycles. The molecule has 0 fully saturated rings. The standard InChI is InChI=1S/C15H16ClNO2S/c1-20(18,19)14-7-5-12(6-8-14)15(17)10-11-3-2-4-13(16)9-11/h2-9,15H,10,17H2,1H3. The Bertz CT molecular complexity index is 696. The zero-order valence-electron chi connectivity index (χ0n) is 11.1. The van der Waals surface area contributed by atoms with Gasteiger partial charge in [0.25, 0.3) is 0 Å². The van der Waals surface area contributed by atoms with Crippen LogP contribution in [0.3, 0.4) is 0 Å². The minimum atomic E-state index is -3.17. The molecule has 2 aromatic carbocycles. The van der Waals surface area contributed by atoms with Crippen molar-refractivity contribution in [3.8, 4) is 0 Å². The second kappa shape index (κ2) is 5.95. The number of nitrogens with two attached hydrogens (primary N) is 1. The van der Waals surface area contributed by atoms with E-state index < -0.39 is 9.84 Å². The number of hydrogen-bond acceptors (Lipinski definition) is 3. The summed E-state index contributed by atoms with van der Waals surface area (Å²) in [6.45, 7) is 0. The zero-order chi connectivity index (χ0) is 14.8. The van der Waals surface area contributed by atoms with Gasteiger partial charge in [0.1, 0.15) is 0 Å². The predicted molar refractivity (Wildman–Crippen MR) is 81.6 cm³/mol. The second-order valence-corrected chi connectivity index (χ2v) is 7.23. The normalized spacial score (nSPS) is 13.2. The van der Waals surface area contributed by atoms with Crippen LogP contribution in [0.25, 0.3) is 0 Å². The van der Waals surface area contributed by atoms with Crippen molar-refractivity contribution in [1.29, 1.82) is 0 Å². The lowest BCUT2D eigenvalue weighted by Crippen LogP contribution is -2.13. The molecule has 0 spiro atoms. The summed E-state index contributed by atoms with van der Waals surface area (Å²) in [6.07, 6.45) is 1.84. The third kappa shape index (κ3) is 3.82. The smallest absolute Gasteiger partial charge is 0.175 e. The molecule has 2 aromatic rings. The fourth-order valence-corrected chi connectivity index (χ4v) is 2.84. The van der Waals surface area contributed by atoms with Crippen LogP contribution in [0.4, 0.5) is 0 Å². The molecule has 1 atom stereocenters. The highest BCUT2D eigenvalue weighted by Gasteiger charge is 2.10. The molecule has 2 rings (SSSR count). The number of halogens is 1. The highest BCUT2D eigenvalue weighted by atomic mass is 35.5. The maximum absolute atomic E-state index is 11.4. The molecule has 0 bridgehead atoms. The third-order valence-electron chi connectivity index (χ3n) is 3.08. The summed E-state index contributed by atoms with van der Waals surface area (Å²) in [5.74, 6) is 0. The Kier molecular flexibility index (Phi) is 4.48. The Hall–Kier alpha value is -1.36. The van der Waals surface area contributed by atoms with Crippen molar-refractivity contribution >= 4 is 21.4 Å². The summed E-state index contributed by atoms with van der Waals surface area (Å²) < 4.78 is 22.8. The molecule has 2 N–H and O–H groups in total. The lowest BCUT2D eigenvalue weighted by atomic mass is 10.00. The van der Waals surface area contributed by atoms with E-state index in [2.05, 4.69) is 0 Å². The minimum absolute atomic E-state index is 0.193. The quantitative estimate of drug-likeness (QED) is 0.944. The van der Waals surface area contributed by atoms with Crippen LogP contribution in [0.1, 0.15) is 17.2 Å². The summed E-state index contributed by atoms with van der Waals surface area (Å²) in [5.41, 5.74) is 8.10. The van der Waals surface area contributed by atoms with E-state index in [0.717, 1.165) is 11.1 Å². The molecule has 0 saturated heterocycles. The summed E-state index contributed by atoms with van der Waals surface area (Å²) in [6, 6.07) is 14.0. The molecule has 20 heavy (non-hydrogen) atoms. The largest absolute Gasteiger partial charge is 0.324 e. The van der Waals surface area contributed by atoms with Crippen molar-refractivity contribution in [3.63, 3.8) is 0 Å². The highest BCUT2D eigenvalue weighted by molar-refractivity contribution is 7.90. The molecule has 106 valence electrons. The summed E-state index contributed by atoms with van der Waals surface area (Å²) in [7, 11) is -3.17. The number of sulfone groups is 1. The first-order valence-corrected chi connectivity index (χ1v) is 8.43. The van der Waals surface area contributed by atoms with Gasteiger partial charge in [-0.05, 0) is 41.8 Å². The van der Waals surface area contributed by atoms with Gasteiger partial charge in [0.2, 0.25) is 0 Å². The maximum Gasteiger partial charge on any atom is 0.175 e. The molecule has 5 heteroatoms. The molecule has 3 nitrogen and oxygen atoms in total. The van der Waals surface area contributed by atoms with Crippen LogP contribution in [0.15, 0.2) is 53.4 Å². The van der Waals surface area contributed by atoms with Crippen molar-refractivity contribution in [2.75, 3.05) is 6.26 Å². The number of benzene rings is 2. The topological polar surface area (TPSA) is 60.2 Å². The van der Waals surface area contributed by atoms with Gasteiger partial charge >= 0.3 is 0 Å². The van der Waals surface area contributed by atoms with E-state index in [4.69, 9.17) is 17.3 Å². The van der Waals surface area contributed by atoms with Crippen LogP contribution in [-0.4, -0.2) is 14.7 Å². The molecule has 0 aliphatic rings. The van der Waals surface area contributed by atoms with Gasteiger partial charge < -0.3 is 5.73 Å². The van der Waals surface area contributed by atoms with Crippen LogP contribution in [0, 0.1) is 0 Å². The fraction of sp³-hybridized carbons (Fsp3) is 0.200. The lowest BCUT2D eigenvalue weighted by Gasteiger charge is -2.13. The van der Waals surface area contributed by atoms with Crippen LogP contribution in [0.5, 0.6) is 0 Å². The van der Waals surface area contributed by atoms with Gasteiger partial charge in [0.05, 0.1) is 4.90 Å². The van der Waals surface area contributed by atoms with Crippen LogP contribution in [-0.2, 0) is 16.3 Å². The van der Waals surface area contributed by atoms with Crippen molar-refractivity contribution in [2.24, 2.45) is 5.73 Å². The number of rotatable bonds is 4. The number of hydrogen-bond donors (Lipinski definition) is 1. The van der Waals surface area contributed by atoms with E-state index in [1.54, 1.807) is 24.3 Å². The lowest BCUT2D eigenvalue weighted by molar-refractivity contribution is 0.601. The van der Waals surface area contributed by atoms with Crippen molar-refractivity contribution in [1.82, 2.24) is 0 Å². The van der Waals surface area contributed by atoms with Crippen molar-refractivity contribution < 1.29 is 8.42 Å². The van der Waals surface area contributed by atoms with Crippen molar-refractivity contribution in [2.45, 2.75) is 17.4 Å². The van der Waals surface area contributed by atoms with Gasteiger partial charge in [-0.2, -0.15) is 0 Å². The summed E-state index contributed by atoms with van der Waals surface area (Å²) >= 11 is 5.94. The first-order chi connectivity index (χ1) is 9.36. The first-order valence-electron chi connectivity index (χ1n) is 6.16. The van der Waals surface area contributed by atoms with E-state index in [9.17, 15) is 8.42 Å². The molecule has 0 saturated carbocycles. The second-order valence-electron chi connectivity index (χ2n) is 4.78. The van der Waals surface area contributed by atoms with Gasteiger partial charge in [-0.15, -0.1) is 0 Å². The Morgan fingerprint density at radius 3 is 2.35 bits per heavy atom. The molecular formula is C15H16ClNO2S. The highest BCUT2D eigenvalue weighted by Crippen LogP contribution is 2.20. The predicted octanol–water partition coefficient (Wildman–Crippen LogP) is 2.99. The van der Waals surface area contributed by atoms with Crippen LogP contribution >= 0.6 is 11.6 Å². The van der Waals surface area contributed by atoms with Gasteiger partial charge in [-0.3, -0.25) is 0 Å². The summed E-state index contributed by atoms with van der Waals surface area (Å²) in [5, 5.41) is 0.683.